The molecule has 0 saturated carbocycles. The Morgan fingerprint density at radius 3 is 1.84 bits per heavy atom. The van der Waals surface area contributed by atoms with Gasteiger partial charge in [-0.1, -0.05) is 127 Å². The lowest BCUT2D eigenvalue weighted by atomic mass is 10.0. The Labute approximate surface area is 254 Å². The monoisotopic (exact) mass is 558 g/mol. The zero-order valence-electron chi connectivity index (χ0n) is 23.9. The summed E-state index contributed by atoms with van der Waals surface area (Å²) in [4.78, 5) is 0. The van der Waals surface area contributed by atoms with Gasteiger partial charge in [0.2, 0.25) is 0 Å². The van der Waals surface area contributed by atoms with E-state index in [1.807, 2.05) is 0 Å². The second-order valence-electron chi connectivity index (χ2n) is 11.7. The first kappa shape index (κ1) is 23.7. The minimum atomic E-state index is 1.19. The number of rotatable bonds is 3. The van der Waals surface area contributed by atoms with E-state index in [0.29, 0.717) is 0 Å². The molecule has 0 atom stereocenters. The molecular formula is C42H26N2. The van der Waals surface area contributed by atoms with Crippen LogP contribution in [0.25, 0.3) is 87.8 Å². The fraction of sp³-hybridized carbons (Fsp3) is 0. The summed E-state index contributed by atoms with van der Waals surface area (Å²) < 4.78 is 5.02. The predicted octanol–water partition coefficient (Wildman–Crippen LogP) is 11.3. The van der Waals surface area contributed by atoms with Crippen LogP contribution in [0, 0.1) is 0 Å². The van der Waals surface area contributed by atoms with E-state index in [1.165, 1.54) is 87.8 Å². The molecule has 2 heteroatoms. The van der Waals surface area contributed by atoms with Crippen molar-refractivity contribution in [3.63, 3.8) is 0 Å². The van der Waals surface area contributed by atoms with Crippen molar-refractivity contribution in [1.29, 1.82) is 0 Å². The van der Waals surface area contributed by atoms with E-state index in [0.717, 1.165) is 0 Å². The molecule has 0 saturated heterocycles. The van der Waals surface area contributed by atoms with Gasteiger partial charge in [-0.25, -0.2) is 0 Å². The lowest BCUT2D eigenvalue weighted by Gasteiger charge is -2.14. The van der Waals surface area contributed by atoms with Gasteiger partial charge >= 0.3 is 0 Å². The summed E-state index contributed by atoms with van der Waals surface area (Å²) >= 11 is 0. The molecule has 10 rings (SSSR count). The fourth-order valence-corrected chi connectivity index (χ4v) is 7.62. The topological polar surface area (TPSA) is 9.34 Å². The lowest BCUT2D eigenvalue weighted by Crippen LogP contribution is -1.97. The van der Waals surface area contributed by atoms with Gasteiger partial charge in [0, 0.05) is 32.5 Å². The van der Waals surface area contributed by atoms with Gasteiger partial charge < -0.3 is 8.97 Å². The van der Waals surface area contributed by atoms with Gasteiger partial charge in [-0.05, 0) is 52.4 Å². The molecule has 10 aromatic rings. The highest BCUT2D eigenvalue weighted by molar-refractivity contribution is 6.33. The smallest absolute Gasteiger partial charge is 0.0641 e. The van der Waals surface area contributed by atoms with Crippen molar-refractivity contribution < 1.29 is 0 Å². The molecule has 0 bridgehead atoms. The molecule has 0 spiro atoms. The quantitative estimate of drug-likeness (QED) is 0.204. The largest absolute Gasteiger partial charge is 0.309 e. The summed E-state index contributed by atoms with van der Waals surface area (Å²) in [7, 11) is 0. The number of hydrogen-bond donors (Lipinski definition) is 0. The van der Waals surface area contributed by atoms with E-state index in [2.05, 4.69) is 167 Å². The molecule has 2 nitrogen and oxygen atoms in total. The summed E-state index contributed by atoms with van der Waals surface area (Å²) in [5.74, 6) is 0. The molecule has 0 aliphatic rings. The first-order valence-corrected chi connectivity index (χ1v) is 15.2. The van der Waals surface area contributed by atoms with E-state index in [4.69, 9.17) is 0 Å². The van der Waals surface area contributed by atoms with Crippen molar-refractivity contribution >= 4 is 59.9 Å². The van der Waals surface area contributed by atoms with Crippen LogP contribution in [0.1, 0.15) is 0 Å². The molecule has 0 amide bonds. The van der Waals surface area contributed by atoms with Crippen molar-refractivity contribution in [2.75, 3.05) is 0 Å². The first-order valence-electron chi connectivity index (χ1n) is 15.2. The highest BCUT2D eigenvalue weighted by Gasteiger charge is 2.24. The predicted molar refractivity (Wildman–Crippen MR) is 186 cm³/mol. The number of fused-ring (bicyclic) bond motifs is 6. The maximum atomic E-state index is 2.53. The first-order chi connectivity index (χ1) is 21.9. The molecule has 3 heterocycles. The van der Waals surface area contributed by atoms with Gasteiger partial charge in [-0.2, -0.15) is 0 Å². The number of aromatic nitrogens is 2. The molecule has 44 heavy (non-hydrogen) atoms. The molecule has 204 valence electrons. The average molecular weight is 559 g/mol. The molecule has 0 N–H and O–H groups in total. The second-order valence-corrected chi connectivity index (χ2v) is 11.7. The summed E-state index contributed by atoms with van der Waals surface area (Å²) in [5, 5.41) is 7.72. The fourth-order valence-electron chi connectivity index (χ4n) is 7.62. The summed E-state index contributed by atoms with van der Waals surface area (Å²) in [5.41, 5.74) is 12.3. The molecule has 0 aliphatic carbocycles. The maximum absolute atomic E-state index is 2.53. The number of para-hydroxylation sites is 2. The van der Waals surface area contributed by atoms with Crippen molar-refractivity contribution in [2.24, 2.45) is 0 Å². The highest BCUT2D eigenvalue weighted by atomic mass is 15.0. The Morgan fingerprint density at radius 1 is 0.341 bits per heavy atom. The summed E-state index contributed by atoms with van der Waals surface area (Å²) in [6, 6.07) is 57.6. The minimum Gasteiger partial charge on any atom is -0.309 e. The van der Waals surface area contributed by atoms with Crippen LogP contribution in [0.3, 0.4) is 0 Å². The molecule has 7 aromatic carbocycles. The van der Waals surface area contributed by atoms with Gasteiger partial charge in [0.1, 0.15) is 0 Å². The molecule has 0 unspecified atom stereocenters. The normalized spacial score (nSPS) is 12.1. The number of nitrogens with zero attached hydrogens (tertiary/aromatic N) is 2. The Balaban J connectivity index is 1.45. The highest BCUT2D eigenvalue weighted by Crippen LogP contribution is 2.46. The molecule has 0 radical (unpaired) electrons. The lowest BCUT2D eigenvalue weighted by molar-refractivity contribution is 1.18. The Hall–Kier alpha value is -5.86. The van der Waals surface area contributed by atoms with Crippen LogP contribution >= 0.6 is 0 Å². The third-order valence-electron chi connectivity index (χ3n) is 9.45. The summed E-state index contributed by atoms with van der Waals surface area (Å²) in [6.07, 6.45) is 0. The summed E-state index contributed by atoms with van der Waals surface area (Å²) in [6.45, 7) is 0. The standard InChI is InChI=1S/C42H26N2/c1-3-12-27(13-4-1)29-22-23-32-33-18-11-21-37-40(33)41-38(43(37)35-19-9-7-16-30(35)28-14-5-2-6-15-28)25-24-34-31-17-8-10-20-36(31)44(42(34)41)39(32)26-29/h1-26H. The van der Waals surface area contributed by atoms with Crippen LogP contribution in [0.5, 0.6) is 0 Å². The van der Waals surface area contributed by atoms with Crippen LogP contribution in [0.15, 0.2) is 158 Å². The van der Waals surface area contributed by atoms with Gasteiger partial charge in [0.05, 0.1) is 33.3 Å². The number of hydrogen-bond acceptors (Lipinski definition) is 0. The van der Waals surface area contributed by atoms with Gasteiger partial charge in [-0.15, -0.1) is 0 Å². The maximum Gasteiger partial charge on any atom is 0.0641 e. The second kappa shape index (κ2) is 8.82. The third-order valence-corrected chi connectivity index (χ3v) is 9.45. The van der Waals surface area contributed by atoms with Gasteiger partial charge in [0.15, 0.2) is 0 Å². The zero-order chi connectivity index (χ0) is 28.8. The van der Waals surface area contributed by atoms with Crippen molar-refractivity contribution in [1.82, 2.24) is 8.97 Å². The van der Waals surface area contributed by atoms with Crippen molar-refractivity contribution in [3.05, 3.63) is 158 Å². The Kier molecular flexibility index (Phi) is 4.75. The Morgan fingerprint density at radius 2 is 0.977 bits per heavy atom. The van der Waals surface area contributed by atoms with E-state index >= 15 is 0 Å². The van der Waals surface area contributed by atoms with E-state index in [9.17, 15) is 0 Å². The average Bonchev–Trinajstić information content (AvgIpc) is 3.57. The van der Waals surface area contributed by atoms with Crippen molar-refractivity contribution in [2.45, 2.75) is 0 Å². The zero-order valence-corrected chi connectivity index (χ0v) is 23.9. The van der Waals surface area contributed by atoms with Crippen molar-refractivity contribution in [3.8, 4) is 27.9 Å². The molecular weight excluding hydrogens is 532 g/mol. The third kappa shape index (κ3) is 3.09. The van der Waals surface area contributed by atoms with Gasteiger partial charge in [-0.3, -0.25) is 0 Å². The molecule has 0 aliphatic heterocycles. The van der Waals surface area contributed by atoms with E-state index in [1.54, 1.807) is 0 Å². The van der Waals surface area contributed by atoms with Crippen LogP contribution < -0.4 is 0 Å². The van der Waals surface area contributed by atoms with Crippen LogP contribution in [-0.2, 0) is 0 Å². The number of benzene rings is 7. The van der Waals surface area contributed by atoms with E-state index in [-0.39, 0.29) is 0 Å². The minimum absolute atomic E-state index is 1.19. The SMILES string of the molecule is c1ccc(-c2ccc3c4cccc5c4c4c(ccc6c7ccccc7n(c3c2)c64)n5-c2ccccc2-c2ccccc2)cc1. The Bertz CT molecular complexity index is 2690. The van der Waals surface area contributed by atoms with Crippen LogP contribution in [-0.4, -0.2) is 8.97 Å². The van der Waals surface area contributed by atoms with Gasteiger partial charge in [0.25, 0.3) is 0 Å². The molecule has 3 aromatic heterocycles. The van der Waals surface area contributed by atoms with Crippen LogP contribution in [0.4, 0.5) is 0 Å². The van der Waals surface area contributed by atoms with Crippen LogP contribution in [0.2, 0.25) is 0 Å². The van der Waals surface area contributed by atoms with E-state index < -0.39 is 0 Å². The molecule has 0 fully saturated rings.